The molecule has 4 aromatic carbocycles. The number of fused-ring (bicyclic) bond motifs is 4. The van der Waals surface area contributed by atoms with Crippen LogP contribution >= 0.6 is 0 Å². The molecule has 0 saturated carbocycles. The fraction of sp³-hybridized carbons (Fsp3) is 0.161. The van der Waals surface area contributed by atoms with Gasteiger partial charge in [0.05, 0.1) is 16.1 Å². The van der Waals surface area contributed by atoms with Crippen molar-refractivity contribution >= 4 is 27.5 Å². The van der Waals surface area contributed by atoms with Gasteiger partial charge in [-0.15, -0.1) is 0 Å². The molecule has 0 N–H and O–H groups in total. The van der Waals surface area contributed by atoms with Crippen LogP contribution in [0.1, 0.15) is 44.3 Å². The van der Waals surface area contributed by atoms with Crippen molar-refractivity contribution in [3.63, 3.8) is 0 Å². The van der Waals surface area contributed by atoms with Crippen molar-refractivity contribution in [1.29, 1.82) is 0 Å². The molecular formula is C31H25NO5S. The van der Waals surface area contributed by atoms with Gasteiger partial charge >= 0.3 is 5.97 Å². The average Bonchev–Trinajstić information content (AvgIpc) is 3.48. The lowest BCUT2D eigenvalue weighted by Crippen LogP contribution is -2.35. The number of para-hydroxylation sites is 1. The molecule has 0 spiro atoms. The van der Waals surface area contributed by atoms with Gasteiger partial charge in [-0.3, -0.25) is 9.10 Å². The van der Waals surface area contributed by atoms with Crippen LogP contribution in [0.25, 0.3) is 11.1 Å². The van der Waals surface area contributed by atoms with Crippen molar-refractivity contribution < 1.29 is 22.7 Å². The molecular weight excluding hydrogens is 498 g/mol. The lowest BCUT2D eigenvalue weighted by molar-refractivity contribution is 0.0474. The Morgan fingerprint density at radius 1 is 0.816 bits per heavy atom. The summed E-state index contributed by atoms with van der Waals surface area (Å²) in [6.45, 7) is 1.42. The zero-order valence-corrected chi connectivity index (χ0v) is 21.6. The molecule has 1 aliphatic heterocycles. The van der Waals surface area contributed by atoms with Crippen LogP contribution < -0.4 is 4.31 Å². The first-order chi connectivity index (χ1) is 18.3. The number of esters is 1. The molecule has 2 aliphatic rings. The van der Waals surface area contributed by atoms with E-state index < -0.39 is 22.6 Å². The molecule has 1 heterocycles. The predicted octanol–water partition coefficient (Wildman–Crippen LogP) is 5.44. The van der Waals surface area contributed by atoms with Crippen LogP contribution in [0.4, 0.5) is 5.69 Å². The van der Waals surface area contributed by atoms with Crippen LogP contribution in [0, 0.1) is 0 Å². The highest BCUT2D eigenvalue weighted by molar-refractivity contribution is 7.92. The second-order valence-corrected chi connectivity index (χ2v) is 11.5. The van der Waals surface area contributed by atoms with E-state index >= 15 is 0 Å². The molecule has 38 heavy (non-hydrogen) atoms. The van der Waals surface area contributed by atoms with Crippen LogP contribution in [0.5, 0.6) is 0 Å². The zero-order chi connectivity index (χ0) is 26.4. The number of hydrogen-bond acceptors (Lipinski definition) is 5. The minimum absolute atomic E-state index is 0.000818. The second-order valence-electron chi connectivity index (χ2n) is 9.72. The molecule has 0 amide bonds. The zero-order valence-electron chi connectivity index (χ0n) is 20.8. The average molecular weight is 524 g/mol. The summed E-state index contributed by atoms with van der Waals surface area (Å²) in [5.41, 5.74) is 6.67. The van der Waals surface area contributed by atoms with E-state index in [9.17, 15) is 18.0 Å². The summed E-state index contributed by atoms with van der Waals surface area (Å²) >= 11 is 0. The predicted molar refractivity (Wildman–Crippen MR) is 145 cm³/mol. The van der Waals surface area contributed by atoms with E-state index in [1.165, 1.54) is 34.1 Å². The number of hydrogen-bond donors (Lipinski definition) is 0. The summed E-state index contributed by atoms with van der Waals surface area (Å²) in [5.74, 6) is -1.08. The second kappa shape index (κ2) is 9.26. The summed E-state index contributed by atoms with van der Waals surface area (Å²) < 4.78 is 33.8. The molecule has 0 radical (unpaired) electrons. The fourth-order valence-corrected chi connectivity index (χ4v) is 7.13. The Bertz CT molecular complexity index is 1710. The molecule has 0 saturated heterocycles. The van der Waals surface area contributed by atoms with Gasteiger partial charge in [0, 0.05) is 11.6 Å². The highest BCUT2D eigenvalue weighted by Gasteiger charge is 2.36. The Labute approximate surface area is 221 Å². The topological polar surface area (TPSA) is 80.8 Å². The van der Waals surface area contributed by atoms with E-state index in [1.807, 2.05) is 55.5 Å². The first kappa shape index (κ1) is 24.1. The van der Waals surface area contributed by atoms with Gasteiger partial charge in [-0.1, -0.05) is 60.7 Å². The number of nitrogens with zero attached hydrogens (tertiary/aromatic N) is 1. The maximum Gasteiger partial charge on any atom is 0.338 e. The molecule has 1 aliphatic carbocycles. The minimum atomic E-state index is -3.90. The number of ketones is 1. The van der Waals surface area contributed by atoms with Gasteiger partial charge in [-0.05, 0) is 77.9 Å². The molecule has 0 unspecified atom stereocenters. The van der Waals surface area contributed by atoms with Gasteiger partial charge < -0.3 is 4.74 Å². The number of sulfonamides is 1. The van der Waals surface area contributed by atoms with Gasteiger partial charge in [0.1, 0.15) is 0 Å². The smallest absolute Gasteiger partial charge is 0.338 e. The Balaban J connectivity index is 1.18. The number of Topliss-reactive ketones (excluding diaryl/α,β-unsaturated/α-hetero) is 1. The molecule has 0 bridgehead atoms. The van der Waals surface area contributed by atoms with Crippen LogP contribution in [-0.4, -0.2) is 32.8 Å². The van der Waals surface area contributed by atoms with Gasteiger partial charge in [0.25, 0.3) is 10.0 Å². The largest absolute Gasteiger partial charge is 0.454 e. The number of benzene rings is 4. The minimum Gasteiger partial charge on any atom is -0.454 e. The highest BCUT2D eigenvalue weighted by atomic mass is 32.2. The molecule has 4 aromatic rings. The third kappa shape index (κ3) is 4.09. The number of carbonyl (C=O) groups excluding carboxylic acids is 2. The summed E-state index contributed by atoms with van der Waals surface area (Å²) in [7, 11) is -3.90. The maximum absolute atomic E-state index is 13.5. The normalized spacial score (nSPS) is 15.5. The van der Waals surface area contributed by atoms with E-state index in [0.29, 0.717) is 17.7 Å². The van der Waals surface area contributed by atoms with Gasteiger partial charge in [0.15, 0.2) is 12.4 Å². The van der Waals surface area contributed by atoms with E-state index in [0.717, 1.165) is 28.7 Å². The van der Waals surface area contributed by atoms with Crippen molar-refractivity contribution in [2.75, 3.05) is 10.9 Å². The number of rotatable bonds is 6. The summed E-state index contributed by atoms with van der Waals surface area (Å²) in [6, 6.07) is 26.6. The molecule has 6 rings (SSSR count). The highest BCUT2D eigenvalue weighted by Crippen LogP contribution is 2.38. The van der Waals surface area contributed by atoms with Gasteiger partial charge in [-0.2, -0.15) is 0 Å². The quantitative estimate of drug-likeness (QED) is 0.219. The summed E-state index contributed by atoms with van der Waals surface area (Å²) in [5, 5.41) is 0. The van der Waals surface area contributed by atoms with E-state index in [4.69, 9.17) is 4.74 Å². The van der Waals surface area contributed by atoms with Crippen molar-refractivity contribution in [2.45, 2.75) is 30.7 Å². The van der Waals surface area contributed by atoms with E-state index in [-0.39, 0.29) is 22.3 Å². The number of carbonyl (C=O) groups is 2. The van der Waals surface area contributed by atoms with E-state index in [2.05, 4.69) is 6.07 Å². The molecule has 190 valence electrons. The SMILES string of the molecule is C[C@@H]1Cc2ccccc2N1S(=O)(=O)c1cccc(C(=O)OCC(=O)c2ccc3c(c2)-c2ccccc2C3)c1. The Kier molecular flexibility index (Phi) is 5.88. The number of ether oxygens (including phenoxy) is 1. The van der Waals surface area contributed by atoms with Crippen molar-refractivity contribution in [1.82, 2.24) is 0 Å². The van der Waals surface area contributed by atoms with Crippen LogP contribution in [-0.2, 0) is 27.6 Å². The molecule has 0 aromatic heterocycles. The Morgan fingerprint density at radius 2 is 1.55 bits per heavy atom. The maximum atomic E-state index is 13.5. The lowest BCUT2D eigenvalue weighted by atomic mass is 10.0. The standard InChI is InChI=1S/C31H25NO5S/c1-20-15-23-8-3-5-12-29(23)32(20)38(35,36)26-10-6-9-25(17-26)31(34)37-19-30(33)24-14-13-22-16-21-7-2-4-11-27(21)28(22)18-24/h2-14,17-18,20H,15-16,19H2,1H3/t20-/m1/s1. The third-order valence-electron chi connectivity index (χ3n) is 7.23. The Hall–Kier alpha value is -4.23. The van der Waals surface area contributed by atoms with Crippen molar-refractivity contribution in [2.24, 2.45) is 0 Å². The summed E-state index contributed by atoms with van der Waals surface area (Å²) in [4.78, 5) is 25.7. The summed E-state index contributed by atoms with van der Waals surface area (Å²) in [6.07, 6.45) is 1.45. The van der Waals surface area contributed by atoms with Gasteiger partial charge in [0.2, 0.25) is 0 Å². The fourth-order valence-electron chi connectivity index (χ4n) is 5.40. The number of anilines is 1. The monoisotopic (exact) mass is 523 g/mol. The third-order valence-corrected chi connectivity index (χ3v) is 9.15. The molecule has 1 atom stereocenters. The van der Waals surface area contributed by atoms with E-state index in [1.54, 1.807) is 12.1 Å². The van der Waals surface area contributed by atoms with Crippen molar-refractivity contribution in [3.05, 3.63) is 119 Å². The first-order valence-corrected chi connectivity index (χ1v) is 13.9. The van der Waals surface area contributed by atoms with Gasteiger partial charge in [-0.25, -0.2) is 13.2 Å². The molecule has 6 nitrogen and oxygen atoms in total. The Morgan fingerprint density at radius 3 is 2.39 bits per heavy atom. The van der Waals surface area contributed by atoms with Crippen LogP contribution in [0.15, 0.2) is 95.9 Å². The van der Waals surface area contributed by atoms with Crippen LogP contribution in [0.3, 0.4) is 0 Å². The molecule has 7 heteroatoms. The first-order valence-electron chi connectivity index (χ1n) is 12.5. The lowest BCUT2D eigenvalue weighted by Gasteiger charge is -2.24. The van der Waals surface area contributed by atoms with Crippen molar-refractivity contribution in [3.8, 4) is 11.1 Å². The van der Waals surface area contributed by atoms with Crippen LogP contribution in [0.2, 0.25) is 0 Å². The molecule has 0 fully saturated rings.